The third-order valence-corrected chi connectivity index (χ3v) is 6.13. The summed E-state index contributed by atoms with van der Waals surface area (Å²) in [5.41, 5.74) is 1.68. The van der Waals surface area contributed by atoms with Crippen LogP contribution in [0.3, 0.4) is 0 Å². The fourth-order valence-corrected chi connectivity index (χ4v) is 5.07. The van der Waals surface area contributed by atoms with Crippen LogP contribution in [-0.2, 0) is 16.3 Å². The first kappa shape index (κ1) is 15.4. The zero-order valence-corrected chi connectivity index (χ0v) is 14.0. The molecule has 1 aromatic heterocycles. The average molecular weight is 347 g/mol. The van der Waals surface area contributed by atoms with Gasteiger partial charge in [-0.25, -0.2) is 9.48 Å². The van der Waals surface area contributed by atoms with Crippen molar-refractivity contribution in [2.75, 3.05) is 0 Å². The molecule has 126 valence electrons. The summed E-state index contributed by atoms with van der Waals surface area (Å²) in [6.07, 6.45) is 0. The minimum atomic E-state index is -0.955. The second-order valence-electron chi connectivity index (χ2n) is 6.52. The van der Waals surface area contributed by atoms with Gasteiger partial charge in [0, 0.05) is 4.75 Å². The summed E-state index contributed by atoms with van der Waals surface area (Å²) in [6.45, 7) is 4.08. The van der Waals surface area contributed by atoms with Gasteiger partial charge >= 0.3 is 5.97 Å². The Labute approximate surface area is 142 Å². The molecule has 1 amide bonds. The SMILES string of the molecule is CC1(C)SC2C(NCn3nnc4ccccc43)C(=O)N2C1C(=O)O. The summed E-state index contributed by atoms with van der Waals surface area (Å²) in [7, 11) is 0. The molecule has 3 heterocycles. The number of nitrogens with zero attached hydrogens (tertiary/aromatic N) is 4. The van der Waals surface area contributed by atoms with Crippen molar-refractivity contribution >= 4 is 34.7 Å². The first-order valence-corrected chi connectivity index (χ1v) is 8.52. The van der Waals surface area contributed by atoms with Gasteiger partial charge in [0.25, 0.3) is 0 Å². The zero-order chi connectivity index (χ0) is 17.1. The summed E-state index contributed by atoms with van der Waals surface area (Å²) in [4.78, 5) is 25.4. The van der Waals surface area contributed by atoms with Crippen molar-refractivity contribution in [2.45, 2.75) is 42.7 Å². The van der Waals surface area contributed by atoms with Crippen LogP contribution in [0, 0.1) is 0 Å². The third-order valence-electron chi connectivity index (χ3n) is 4.56. The van der Waals surface area contributed by atoms with E-state index in [1.807, 2.05) is 38.1 Å². The first-order chi connectivity index (χ1) is 11.4. The van der Waals surface area contributed by atoms with E-state index in [-0.39, 0.29) is 11.3 Å². The number of aliphatic carboxylic acids is 1. The lowest BCUT2D eigenvalue weighted by Crippen LogP contribution is -2.70. The normalized spacial score (nSPS) is 28.0. The van der Waals surface area contributed by atoms with Crippen molar-refractivity contribution in [2.24, 2.45) is 0 Å². The Hall–Kier alpha value is -2.13. The number of nitrogens with one attached hydrogen (secondary N) is 1. The van der Waals surface area contributed by atoms with Crippen LogP contribution < -0.4 is 5.32 Å². The number of benzene rings is 1. The summed E-state index contributed by atoms with van der Waals surface area (Å²) in [6, 6.07) is 6.41. The van der Waals surface area contributed by atoms with Crippen molar-refractivity contribution in [1.29, 1.82) is 0 Å². The molecule has 2 saturated heterocycles. The van der Waals surface area contributed by atoms with E-state index < -0.39 is 22.8 Å². The Morgan fingerprint density at radius 3 is 2.92 bits per heavy atom. The molecule has 3 unspecified atom stereocenters. The number of aromatic nitrogens is 3. The average Bonchev–Trinajstić information content (AvgIpc) is 3.04. The predicted molar refractivity (Wildman–Crippen MR) is 88.2 cm³/mol. The Balaban J connectivity index is 1.50. The van der Waals surface area contributed by atoms with Crippen LogP contribution >= 0.6 is 11.8 Å². The number of amides is 1. The van der Waals surface area contributed by atoms with Crippen molar-refractivity contribution in [3.8, 4) is 0 Å². The van der Waals surface area contributed by atoms with Gasteiger partial charge in [0.15, 0.2) is 0 Å². The maximum absolute atomic E-state index is 12.4. The van der Waals surface area contributed by atoms with Crippen molar-refractivity contribution in [1.82, 2.24) is 25.2 Å². The van der Waals surface area contributed by atoms with Crippen LogP contribution in [0.15, 0.2) is 24.3 Å². The van der Waals surface area contributed by atoms with Crippen molar-refractivity contribution in [3.05, 3.63) is 24.3 Å². The van der Waals surface area contributed by atoms with E-state index in [9.17, 15) is 14.7 Å². The highest BCUT2D eigenvalue weighted by molar-refractivity contribution is 8.01. The maximum Gasteiger partial charge on any atom is 0.327 e. The lowest BCUT2D eigenvalue weighted by atomic mass is 9.96. The van der Waals surface area contributed by atoms with E-state index in [1.54, 1.807) is 4.68 Å². The topological polar surface area (TPSA) is 100 Å². The molecular weight excluding hydrogens is 330 g/mol. The van der Waals surface area contributed by atoms with E-state index in [0.717, 1.165) is 11.0 Å². The molecule has 24 heavy (non-hydrogen) atoms. The third kappa shape index (κ3) is 2.11. The minimum Gasteiger partial charge on any atom is -0.480 e. The van der Waals surface area contributed by atoms with Crippen LogP contribution in [0.2, 0.25) is 0 Å². The standard InChI is InChI=1S/C15H17N5O3S/c1-15(2)11(14(22)23)20-12(21)10(13(20)24-15)16-7-19-9-6-4-3-5-8(9)17-18-19/h3-6,10-11,13,16H,7H2,1-2H3,(H,22,23). The number of carbonyl (C=O) groups excluding carboxylic acids is 1. The quantitative estimate of drug-likeness (QED) is 0.777. The van der Waals surface area contributed by atoms with Gasteiger partial charge in [0.05, 0.1) is 12.2 Å². The van der Waals surface area contributed by atoms with Crippen LogP contribution in [0.1, 0.15) is 13.8 Å². The van der Waals surface area contributed by atoms with Crippen molar-refractivity contribution < 1.29 is 14.7 Å². The summed E-state index contributed by atoms with van der Waals surface area (Å²) < 4.78 is 1.19. The maximum atomic E-state index is 12.4. The molecule has 1 aromatic carbocycles. The second kappa shape index (κ2) is 5.18. The van der Waals surface area contributed by atoms with Crippen LogP contribution in [-0.4, -0.2) is 59.1 Å². The number of hydrogen-bond donors (Lipinski definition) is 2. The summed E-state index contributed by atoms with van der Waals surface area (Å²) in [5.74, 6) is -1.13. The second-order valence-corrected chi connectivity index (χ2v) is 8.29. The Kier molecular flexibility index (Phi) is 3.33. The number of carboxylic acids is 1. The van der Waals surface area contributed by atoms with Crippen LogP contribution in [0.25, 0.3) is 11.0 Å². The molecule has 2 aliphatic heterocycles. The number of para-hydroxylation sites is 1. The van der Waals surface area contributed by atoms with Gasteiger partial charge in [-0.05, 0) is 26.0 Å². The lowest BCUT2D eigenvalue weighted by molar-refractivity contribution is -0.160. The fourth-order valence-electron chi connectivity index (χ4n) is 3.42. The highest BCUT2D eigenvalue weighted by atomic mass is 32.2. The van der Waals surface area contributed by atoms with E-state index in [0.29, 0.717) is 6.67 Å². The van der Waals surface area contributed by atoms with Crippen molar-refractivity contribution in [3.63, 3.8) is 0 Å². The highest BCUT2D eigenvalue weighted by Crippen LogP contribution is 2.50. The smallest absolute Gasteiger partial charge is 0.327 e. The number of β-lactam (4-membered cyclic amide) rings is 1. The Morgan fingerprint density at radius 1 is 1.42 bits per heavy atom. The van der Waals surface area contributed by atoms with Gasteiger partial charge in [-0.3, -0.25) is 10.1 Å². The molecule has 0 aliphatic carbocycles. The number of rotatable bonds is 4. The summed E-state index contributed by atoms with van der Waals surface area (Å²) >= 11 is 1.52. The largest absolute Gasteiger partial charge is 0.480 e. The number of thioether (sulfide) groups is 1. The monoisotopic (exact) mass is 347 g/mol. The first-order valence-electron chi connectivity index (χ1n) is 7.64. The molecular formula is C15H17N5O3S. The fraction of sp³-hybridized carbons (Fsp3) is 0.467. The molecule has 4 rings (SSSR count). The van der Waals surface area contributed by atoms with E-state index in [4.69, 9.17) is 0 Å². The number of carboxylic acid groups (broad SMARTS) is 1. The molecule has 9 heteroatoms. The number of hydrogen-bond acceptors (Lipinski definition) is 6. The van der Waals surface area contributed by atoms with Gasteiger partial charge < -0.3 is 10.0 Å². The van der Waals surface area contributed by atoms with E-state index in [2.05, 4.69) is 15.6 Å². The van der Waals surface area contributed by atoms with Crippen LogP contribution in [0.5, 0.6) is 0 Å². The molecule has 2 fully saturated rings. The molecule has 0 spiro atoms. The number of fused-ring (bicyclic) bond motifs is 2. The molecule has 2 aliphatic rings. The van der Waals surface area contributed by atoms with E-state index in [1.165, 1.54) is 16.7 Å². The molecule has 2 aromatic rings. The molecule has 0 saturated carbocycles. The molecule has 0 bridgehead atoms. The molecule has 2 N–H and O–H groups in total. The summed E-state index contributed by atoms with van der Waals surface area (Å²) in [5, 5.41) is 20.6. The minimum absolute atomic E-state index is 0.164. The highest BCUT2D eigenvalue weighted by Gasteiger charge is 2.63. The Morgan fingerprint density at radius 2 is 2.17 bits per heavy atom. The lowest BCUT2D eigenvalue weighted by Gasteiger charge is -2.43. The van der Waals surface area contributed by atoms with Gasteiger partial charge in [-0.2, -0.15) is 0 Å². The van der Waals surface area contributed by atoms with Crippen LogP contribution in [0.4, 0.5) is 0 Å². The van der Waals surface area contributed by atoms with Gasteiger partial charge in [0.1, 0.15) is 23.0 Å². The van der Waals surface area contributed by atoms with Gasteiger partial charge in [-0.1, -0.05) is 17.3 Å². The number of carbonyl (C=O) groups is 2. The molecule has 0 radical (unpaired) electrons. The predicted octanol–water partition coefficient (Wildman–Crippen LogP) is 0.494. The zero-order valence-electron chi connectivity index (χ0n) is 13.2. The Bertz CT molecular complexity index is 835. The molecule has 3 atom stereocenters. The van der Waals surface area contributed by atoms with Gasteiger partial charge in [0.2, 0.25) is 5.91 Å². The van der Waals surface area contributed by atoms with Gasteiger partial charge in [-0.15, -0.1) is 16.9 Å². The molecule has 8 nitrogen and oxygen atoms in total. The van der Waals surface area contributed by atoms with E-state index >= 15 is 0 Å².